The van der Waals surface area contributed by atoms with E-state index in [-0.39, 0.29) is 26.4 Å². The van der Waals surface area contributed by atoms with E-state index in [1.54, 1.807) is 0 Å². The van der Waals surface area contributed by atoms with Gasteiger partial charge in [-0.25, -0.2) is 9.59 Å². The van der Waals surface area contributed by atoms with Gasteiger partial charge in [0.2, 0.25) is 0 Å². The van der Waals surface area contributed by atoms with Crippen LogP contribution in [0.15, 0.2) is 24.3 Å². The standard InChI is InChI=1S/C16H22O6S2/c17-5-9-23-11-7-21-15(19)13-1-2-14(4-3-13)16(20)22-8-12-24-10-6-18/h1-4,17-18H,5-12H2. The zero-order chi connectivity index (χ0) is 17.6. The summed E-state index contributed by atoms with van der Waals surface area (Å²) in [6.45, 7) is 0.768. The van der Waals surface area contributed by atoms with Gasteiger partial charge in [-0.2, -0.15) is 23.5 Å². The Labute approximate surface area is 149 Å². The Kier molecular flexibility index (Phi) is 11.4. The lowest BCUT2D eigenvalue weighted by molar-refractivity contribution is 0.0515. The van der Waals surface area contributed by atoms with Crippen LogP contribution in [0.2, 0.25) is 0 Å². The Bertz CT molecular complexity index is 447. The van der Waals surface area contributed by atoms with Crippen molar-refractivity contribution < 1.29 is 29.3 Å². The summed E-state index contributed by atoms with van der Waals surface area (Å²) in [4.78, 5) is 23.6. The molecule has 0 aliphatic carbocycles. The number of thioether (sulfide) groups is 2. The van der Waals surface area contributed by atoms with Crippen LogP contribution in [0.25, 0.3) is 0 Å². The molecule has 0 spiro atoms. The van der Waals surface area contributed by atoms with Crippen LogP contribution < -0.4 is 0 Å². The Balaban J connectivity index is 2.33. The van der Waals surface area contributed by atoms with Crippen LogP contribution in [0.1, 0.15) is 20.7 Å². The molecule has 0 fully saturated rings. The van der Waals surface area contributed by atoms with Crippen LogP contribution in [0.3, 0.4) is 0 Å². The highest BCUT2D eigenvalue weighted by Gasteiger charge is 2.10. The zero-order valence-electron chi connectivity index (χ0n) is 13.3. The normalized spacial score (nSPS) is 10.4. The molecule has 24 heavy (non-hydrogen) atoms. The molecule has 0 amide bonds. The predicted molar refractivity (Wildman–Crippen MR) is 95.8 cm³/mol. The first-order chi connectivity index (χ1) is 11.7. The van der Waals surface area contributed by atoms with Gasteiger partial charge in [0.1, 0.15) is 13.2 Å². The van der Waals surface area contributed by atoms with Crippen molar-refractivity contribution in [1.29, 1.82) is 0 Å². The second-order valence-electron chi connectivity index (χ2n) is 4.52. The minimum Gasteiger partial charge on any atom is -0.461 e. The molecular weight excluding hydrogens is 352 g/mol. The average molecular weight is 374 g/mol. The first kappa shape index (κ1) is 20.8. The van der Waals surface area contributed by atoms with Crippen molar-refractivity contribution in [1.82, 2.24) is 0 Å². The number of rotatable bonds is 12. The molecule has 0 aliphatic heterocycles. The monoisotopic (exact) mass is 374 g/mol. The molecule has 0 saturated carbocycles. The molecule has 0 aliphatic rings. The topological polar surface area (TPSA) is 93.1 Å². The number of carbonyl (C=O) groups is 2. The molecule has 1 aromatic carbocycles. The summed E-state index contributed by atoms with van der Waals surface area (Å²) in [5, 5.41) is 17.3. The molecule has 8 heteroatoms. The number of hydrogen-bond acceptors (Lipinski definition) is 8. The smallest absolute Gasteiger partial charge is 0.338 e. The fourth-order valence-electron chi connectivity index (χ4n) is 1.63. The van der Waals surface area contributed by atoms with Crippen LogP contribution >= 0.6 is 23.5 Å². The summed E-state index contributed by atoms with van der Waals surface area (Å²) >= 11 is 3.01. The van der Waals surface area contributed by atoms with Crippen molar-refractivity contribution in [3.8, 4) is 0 Å². The highest BCUT2D eigenvalue weighted by molar-refractivity contribution is 7.99. The molecule has 1 aromatic rings. The molecule has 0 atom stereocenters. The maximum absolute atomic E-state index is 11.8. The van der Waals surface area contributed by atoms with Crippen LogP contribution in [-0.2, 0) is 9.47 Å². The molecule has 2 N–H and O–H groups in total. The Morgan fingerprint density at radius 1 is 0.750 bits per heavy atom. The van der Waals surface area contributed by atoms with Crippen molar-refractivity contribution in [2.45, 2.75) is 0 Å². The minimum atomic E-state index is -0.445. The predicted octanol–water partition coefficient (Wildman–Crippen LogP) is 1.45. The lowest BCUT2D eigenvalue weighted by Gasteiger charge is -2.06. The molecule has 0 unspecified atom stereocenters. The Hall–Kier alpha value is -1.22. The third-order valence-electron chi connectivity index (χ3n) is 2.75. The van der Waals surface area contributed by atoms with Crippen LogP contribution in [0, 0.1) is 0 Å². The maximum Gasteiger partial charge on any atom is 0.338 e. The third kappa shape index (κ3) is 8.58. The number of aliphatic hydroxyl groups is 2. The van der Waals surface area contributed by atoms with Crippen molar-refractivity contribution >= 4 is 35.5 Å². The molecule has 1 rings (SSSR count). The number of ether oxygens (including phenoxy) is 2. The van der Waals surface area contributed by atoms with Gasteiger partial charge in [-0.1, -0.05) is 0 Å². The van der Waals surface area contributed by atoms with E-state index in [1.807, 2.05) is 0 Å². The zero-order valence-corrected chi connectivity index (χ0v) is 14.9. The van der Waals surface area contributed by atoms with E-state index in [2.05, 4.69) is 0 Å². The SMILES string of the molecule is O=C(OCCSCCO)c1ccc(C(=O)OCCSCCO)cc1. The molecular formula is C16H22O6S2. The average Bonchev–Trinajstić information content (AvgIpc) is 2.61. The van der Waals surface area contributed by atoms with Crippen LogP contribution in [0.5, 0.6) is 0 Å². The quantitative estimate of drug-likeness (QED) is 0.419. The minimum absolute atomic E-state index is 0.107. The van der Waals surface area contributed by atoms with Crippen molar-refractivity contribution in [2.24, 2.45) is 0 Å². The number of benzene rings is 1. The molecule has 0 bridgehead atoms. The van der Waals surface area contributed by atoms with Crippen molar-refractivity contribution in [3.63, 3.8) is 0 Å². The van der Waals surface area contributed by atoms with E-state index >= 15 is 0 Å². The maximum atomic E-state index is 11.8. The van der Waals surface area contributed by atoms with Gasteiger partial charge in [-0.3, -0.25) is 0 Å². The van der Waals surface area contributed by atoms with E-state index in [4.69, 9.17) is 19.7 Å². The molecule has 6 nitrogen and oxygen atoms in total. The Morgan fingerprint density at radius 3 is 1.46 bits per heavy atom. The second-order valence-corrected chi connectivity index (χ2v) is 6.97. The summed E-state index contributed by atoms with van der Waals surface area (Å²) in [5.74, 6) is 1.61. The van der Waals surface area contributed by atoms with Crippen molar-refractivity contribution in [2.75, 3.05) is 49.4 Å². The number of aliphatic hydroxyl groups excluding tert-OH is 2. The number of carbonyl (C=O) groups excluding carboxylic acids is 2. The van der Waals surface area contributed by atoms with Gasteiger partial charge in [0.25, 0.3) is 0 Å². The fourth-order valence-corrected chi connectivity index (χ4v) is 2.70. The van der Waals surface area contributed by atoms with Gasteiger partial charge in [-0.05, 0) is 24.3 Å². The third-order valence-corrected chi connectivity index (χ3v) is 4.60. The van der Waals surface area contributed by atoms with E-state index in [0.29, 0.717) is 34.1 Å². The van der Waals surface area contributed by atoms with Crippen molar-refractivity contribution in [3.05, 3.63) is 35.4 Å². The number of hydrogen-bond donors (Lipinski definition) is 2. The fraction of sp³-hybridized carbons (Fsp3) is 0.500. The van der Waals surface area contributed by atoms with E-state index in [1.165, 1.54) is 47.8 Å². The summed E-state index contributed by atoms with van der Waals surface area (Å²) in [7, 11) is 0. The van der Waals surface area contributed by atoms with Gasteiger partial charge in [0, 0.05) is 23.0 Å². The molecule has 0 radical (unpaired) electrons. The van der Waals surface area contributed by atoms with Gasteiger partial charge in [0.15, 0.2) is 0 Å². The summed E-state index contributed by atoms with van der Waals surface area (Å²) in [5.41, 5.74) is 0.745. The molecule has 0 saturated heterocycles. The summed E-state index contributed by atoms with van der Waals surface area (Å²) in [6, 6.07) is 6.11. The second kappa shape index (κ2) is 13.1. The van der Waals surface area contributed by atoms with E-state index < -0.39 is 11.9 Å². The lowest BCUT2D eigenvalue weighted by Crippen LogP contribution is -2.10. The van der Waals surface area contributed by atoms with Gasteiger partial charge < -0.3 is 19.7 Å². The lowest BCUT2D eigenvalue weighted by atomic mass is 10.1. The highest BCUT2D eigenvalue weighted by Crippen LogP contribution is 2.09. The first-order valence-electron chi connectivity index (χ1n) is 7.50. The molecule has 134 valence electrons. The summed E-state index contributed by atoms with van der Waals surface area (Å²) < 4.78 is 10.2. The molecule has 0 heterocycles. The Morgan fingerprint density at radius 2 is 1.12 bits per heavy atom. The first-order valence-corrected chi connectivity index (χ1v) is 9.81. The van der Waals surface area contributed by atoms with Gasteiger partial charge in [0.05, 0.1) is 24.3 Å². The van der Waals surface area contributed by atoms with Gasteiger partial charge in [-0.15, -0.1) is 0 Å². The van der Waals surface area contributed by atoms with Crippen LogP contribution in [0.4, 0.5) is 0 Å². The van der Waals surface area contributed by atoms with Crippen LogP contribution in [-0.4, -0.2) is 71.6 Å². The summed E-state index contributed by atoms with van der Waals surface area (Å²) in [6.07, 6.45) is 0. The molecule has 0 aromatic heterocycles. The van der Waals surface area contributed by atoms with Gasteiger partial charge >= 0.3 is 11.9 Å². The highest BCUT2D eigenvalue weighted by atomic mass is 32.2. The largest absolute Gasteiger partial charge is 0.461 e. The number of esters is 2. The van der Waals surface area contributed by atoms with E-state index in [0.717, 1.165) is 0 Å². The van der Waals surface area contributed by atoms with E-state index in [9.17, 15) is 9.59 Å².